The van der Waals surface area contributed by atoms with E-state index in [0.717, 1.165) is 57.7 Å². The van der Waals surface area contributed by atoms with Crippen LogP contribution in [0.5, 0.6) is 5.75 Å². The van der Waals surface area contributed by atoms with Crippen LogP contribution in [0.25, 0.3) is 33.0 Å². The van der Waals surface area contributed by atoms with Crippen molar-refractivity contribution in [1.82, 2.24) is 13.8 Å². The molecule has 1 aromatic heterocycles. The van der Waals surface area contributed by atoms with Crippen molar-refractivity contribution in [3.63, 3.8) is 0 Å². The number of benzene rings is 2. The van der Waals surface area contributed by atoms with E-state index in [1.807, 2.05) is 30.3 Å². The molecule has 0 saturated heterocycles. The van der Waals surface area contributed by atoms with Crippen LogP contribution in [0.3, 0.4) is 0 Å². The summed E-state index contributed by atoms with van der Waals surface area (Å²) in [4.78, 5) is 28.8. The zero-order valence-corrected chi connectivity index (χ0v) is 28.7. The number of rotatable bonds is 2. The van der Waals surface area contributed by atoms with Gasteiger partial charge in [-0.1, -0.05) is 31.4 Å². The molecule has 2 amide bonds. The maximum atomic E-state index is 13.9. The molecular weight excluding hydrogens is 591 g/mol. The van der Waals surface area contributed by atoms with E-state index in [9.17, 15) is 18.0 Å². The average molecular weight is 629 g/mol. The predicted octanol–water partition coefficient (Wildman–Crippen LogP) is 1.94. The Balaban J connectivity index is 0.00000384. The van der Waals surface area contributed by atoms with Gasteiger partial charge in [-0.25, -0.2) is 12.7 Å². The number of aromatic nitrogens is 1. The molecule has 12 heteroatoms. The molecule has 1 aliphatic carbocycles. The summed E-state index contributed by atoms with van der Waals surface area (Å²) in [6.07, 6.45) is 7.54. The molecule has 0 unspecified atom stereocenters. The Morgan fingerprint density at radius 1 is 0.977 bits per heavy atom. The van der Waals surface area contributed by atoms with Crippen molar-refractivity contribution in [1.29, 1.82) is 0 Å². The van der Waals surface area contributed by atoms with Crippen LogP contribution in [-0.4, -0.2) is 81.5 Å². The van der Waals surface area contributed by atoms with E-state index in [1.165, 1.54) is 19.0 Å². The van der Waals surface area contributed by atoms with Gasteiger partial charge in [0.2, 0.25) is 0 Å². The molecule has 228 valence electrons. The summed E-state index contributed by atoms with van der Waals surface area (Å²) in [5.41, 5.74) is 5.66. The van der Waals surface area contributed by atoms with Gasteiger partial charge in [0.1, 0.15) is 5.75 Å². The molecule has 44 heavy (non-hydrogen) atoms. The quantitative estimate of drug-likeness (QED) is 0.401. The molecule has 1 saturated carbocycles. The maximum Gasteiger partial charge on any atom is 1.00 e. The summed E-state index contributed by atoms with van der Waals surface area (Å²) in [5, 5.41) is 1.01. The second-order valence-corrected chi connectivity index (χ2v) is 13.3. The summed E-state index contributed by atoms with van der Waals surface area (Å²) in [7, 11) is 0.527. The van der Waals surface area contributed by atoms with E-state index in [1.54, 1.807) is 31.2 Å². The van der Waals surface area contributed by atoms with Gasteiger partial charge in [-0.05, 0) is 60.2 Å². The minimum Gasteiger partial charge on any atom is -0.528 e. The fraction of sp³-hybridized carbons (Fsp3) is 0.438. The van der Waals surface area contributed by atoms with Crippen LogP contribution in [0.15, 0.2) is 42.0 Å². The third kappa shape index (κ3) is 6.23. The van der Waals surface area contributed by atoms with Crippen LogP contribution in [0.2, 0.25) is 0 Å². The summed E-state index contributed by atoms with van der Waals surface area (Å²) >= 11 is 0. The zero-order chi connectivity index (χ0) is 30.3. The van der Waals surface area contributed by atoms with Crippen molar-refractivity contribution in [2.45, 2.75) is 44.6 Å². The first-order chi connectivity index (χ1) is 20.7. The molecule has 0 spiro atoms. The number of carbonyl (C=O) groups is 2. The maximum absolute atomic E-state index is 13.9. The molecule has 0 atom stereocenters. The summed E-state index contributed by atoms with van der Waals surface area (Å²) < 4.78 is 43.7. The third-order valence-corrected chi connectivity index (χ3v) is 10.2. The van der Waals surface area contributed by atoms with Crippen LogP contribution in [0.4, 0.5) is 0 Å². The Bertz CT molecular complexity index is 1730. The van der Waals surface area contributed by atoms with Gasteiger partial charge >= 0.3 is 29.6 Å². The smallest absolute Gasteiger partial charge is 0.528 e. The molecule has 10 nitrogen and oxygen atoms in total. The second-order valence-electron chi connectivity index (χ2n) is 11.6. The van der Waals surface area contributed by atoms with Gasteiger partial charge in [0, 0.05) is 54.8 Å². The minimum atomic E-state index is -4.21. The Kier molecular flexibility index (Phi) is 9.93. The molecule has 2 aliphatic heterocycles. The number of amides is 2. The largest absolute Gasteiger partial charge is 1.00 e. The van der Waals surface area contributed by atoms with Gasteiger partial charge < -0.3 is 28.5 Å². The molecule has 3 heterocycles. The summed E-state index contributed by atoms with van der Waals surface area (Å²) in [6, 6.07) is 11.3. The number of hydrogen-bond donors (Lipinski definition) is 0. The standard InChI is InChI=1S/C32H38N4O6S.Na/c1-34-13-15-42-16-14-35(2)43(39,40)33-31(37)22-9-11-27-28(19-22)36-20-24(32(34)38)17-23-18-25(41-3)10-12-26(23)30(36)29(27)21-7-5-4-6-8-21;/h9-12,17-19,21H,4-8,13-16,20H2,1-3H3,(H,33,37);/q;+1/p-1. The van der Waals surface area contributed by atoms with E-state index in [0.29, 0.717) is 23.8 Å². The topological polar surface area (TPSA) is 112 Å². The van der Waals surface area contributed by atoms with Crippen LogP contribution in [0, 0.1) is 0 Å². The molecule has 3 aliphatic rings. The minimum absolute atomic E-state index is 0. The molecule has 4 bridgehead atoms. The predicted molar refractivity (Wildman–Crippen MR) is 165 cm³/mol. The number of methoxy groups -OCH3 is 1. The van der Waals surface area contributed by atoms with Crippen LogP contribution < -0.4 is 34.3 Å². The van der Waals surface area contributed by atoms with Gasteiger partial charge in [-0.15, -0.1) is 0 Å². The molecule has 2 aromatic carbocycles. The van der Waals surface area contributed by atoms with Crippen LogP contribution >= 0.6 is 0 Å². The number of carbonyl (C=O) groups excluding carboxylic acids is 2. The SMILES string of the molecule is COc1ccc2c(c1)C=C1Cn3c-2c(C2CCCCC2)c2ccc(cc23)C(=O)[N-]S(=O)(=O)N(C)CCOCCN(C)C1=O.[Na+]. The molecular formula is C32H37N4NaO6S. The third-order valence-electron chi connectivity index (χ3n) is 8.87. The van der Waals surface area contributed by atoms with E-state index in [4.69, 9.17) is 9.47 Å². The molecule has 3 aromatic rings. The van der Waals surface area contributed by atoms with Gasteiger partial charge in [-0.3, -0.25) is 4.79 Å². The Labute approximate surface area is 280 Å². The summed E-state index contributed by atoms with van der Waals surface area (Å²) in [6.45, 7) is 0.973. The summed E-state index contributed by atoms with van der Waals surface area (Å²) in [5.74, 6) is 0.0525. The number of ether oxygens (including phenoxy) is 2. The van der Waals surface area contributed by atoms with Crippen molar-refractivity contribution in [2.75, 3.05) is 47.5 Å². The molecule has 6 rings (SSSR count). The van der Waals surface area contributed by atoms with Gasteiger partial charge in [0.05, 0.1) is 38.5 Å². The zero-order valence-electron chi connectivity index (χ0n) is 25.8. The van der Waals surface area contributed by atoms with Crippen molar-refractivity contribution < 1.29 is 57.0 Å². The number of likely N-dealkylation sites (N-methyl/N-ethyl adjacent to an activating group) is 2. The van der Waals surface area contributed by atoms with Crippen molar-refractivity contribution in [2.24, 2.45) is 0 Å². The fourth-order valence-corrected chi connectivity index (χ4v) is 7.25. The Hall–Kier alpha value is -2.67. The number of nitrogens with zero attached hydrogens (tertiary/aromatic N) is 4. The molecule has 1 fully saturated rings. The van der Waals surface area contributed by atoms with E-state index >= 15 is 0 Å². The Morgan fingerprint density at radius 2 is 1.73 bits per heavy atom. The van der Waals surface area contributed by atoms with Crippen LogP contribution in [0.1, 0.15) is 59.5 Å². The van der Waals surface area contributed by atoms with Crippen LogP contribution in [-0.2, 0) is 26.3 Å². The van der Waals surface area contributed by atoms with Gasteiger partial charge in [-0.2, -0.15) is 0 Å². The number of hydrogen-bond acceptors (Lipinski definition) is 6. The van der Waals surface area contributed by atoms with Crippen molar-refractivity contribution in [3.8, 4) is 17.0 Å². The van der Waals surface area contributed by atoms with Crippen molar-refractivity contribution in [3.05, 3.63) is 63.4 Å². The monoisotopic (exact) mass is 628 g/mol. The van der Waals surface area contributed by atoms with Gasteiger partial charge in [0.15, 0.2) is 10.2 Å². The average Bonchev–Trinajstić information content (AvgIpc) is 3.22. The number of fused-ring (bicyclic) bond motifs is 4. The molecule has 0 radical (unpaired) electrons. The molecule has 0 N–H and O–H groups in total. The fourth-order valence-electron chi connectivity index (χ4n) is 6.49. The van der Waals surface area contributed by atoms with E-state index in [-0.39, 0.29) is 67.3 Å². The van der Waals surface area contributed by atoms with Crippen molar-refractivity contribution >= 4 is 39.0 Å². The second kappa shape index (κ2) is 13.4. The van der Waals surface area contributed by atoms with Gasteiger partial charge in [0.25, 0.3) is 5.91 Å². The first-order valence-corrected chi connectivity index (χ1v) is 16.2. The first-order valence-electron chi connectivity index (χ1n) is 14.8. The van der Waals surface area contributed by atoms with E-state index < -0.39 is 16.1 Å². The van der Waals surface area contributed by atoms with E-state index in [2.05, 4.69) is 9.29 Å². The first kappa shape index (κ1) is 32.7. The normalized spacial score (nSPS) is 20.0. The Morgan fingerprint density at radius 3 is 2.48 bits per heavy atom.